The van der Waals surface area contributed by atoms with Crippen LogP contribution in [0, 0.1) is 3.77 Å². The van der Waals surface area contributed by atoms with Crippen LogP contribution in [0.1, 0.15) is 36.7 Å². The van der Waals surface area contributed by atoms with Gasteiger partial charge in [-0.05, 0) is 60.9 Å². The summed E-state index contributed by atoms with van der Waals surface area (Å²) in [7, 11) is 0. The number of likely N-dealkylation sites (tertiary alicyclic amines) is 1. The molecule has 0 spiro atoms. The predicted octanol–water partition coefficient (Wildman–Crippen LogP) is 2.90. The maximum absolute atomic E-state index is 12.1. The molecule has 1 saturated heterocycles. The van der Waals surface area contributed by atoms with Crippen LogP contribution in [-0.2, 0) is 0 Å². The molecule has 1 fully saturated rings. The number of carbonyl (C=O) groups is 1. The first-order valence-electron chi connectivity index (χ1n) is 5.25. The van der Waals surface area contributed by atoms with Gasteiger partial charge in [0.1, 0.15) is 0 Å². The second-order valence-corrected chi connectivity index (χ2v) is 5.01. The van der Waals surface area contributed by atoms with E-state index in [0.717, 1.165) is 23.2 Å². The number of hydrogen-bond acceptors (Lipinski definition) is 2. The van der Waals surface area contributed by atoms with E-state index >= 15 is 0 Å². The molecule has 4 heteroatoms. The lowest BCUT2D eigenvalue weighted by Crippen LogP contribution is -2.41. The molecule has 1 aromatic heterocycles. The fourth-order valence-electron chi connectivity index (χ4n) is 1.97. The molecular formula is C11H14INO2. The molecule has 1 atom stereocenters. The van der Waals surface area contributed by atoms with Gasteiger partial charge in [-0.1, -0.05) is 0 Å². The lowest BCUT2D eigenvalue weighted by molar-refractivity contribution is 0.0601. The summed E-state index contributed by atoms with van der Waals surface area (Å²) in [5, 5.41) is 0. The quantitative estimate of drug-likeness (QED) is 0.746. The van der Waals surface area contributed by atoms with Gasteiger partial charge in [-0.2, -0.15) is 0 Å². The van der Waals surface area contributed by atoms with Crippen molar-refractivity contribution in [1.82, 2.24) is 4.90 Å². The molecule has 1 aliphatic heterocycles. The molecular weight excluding hydrogens is 305 g/mol. The van der Waals surface area contributed by atoms with Gasteiger partial charge in [0.05, 0.1) is 0 Å². The van der Waals surface area contributed by atoms with E-state index < -0.39 is 0 Å². The monoisotopic (exact) mass is 319 g/mol. The van der Waals surface area contributed by atoms with Gasteiger partial charge >= 0.3 is 0 Å². The van der Waals surface area contributed by atoms with Crippen LogP contribution in [0.2, 0.25) is 0 Å². The van der Waals surface area contributed by atoms with Gasteiger partial charge in [-0.25, -0.2) is 0 Å². The molecule has 2 heterocycles. The van der Waals surface area contributed by atoms with Gasteiger partial charge in [0.25, 0.3) is 5.91 Å². The Kier molecular flexibility index (Phi) is 3.33. The van der Waals surface area contributed by atoms with Crippen LogP contribution < -0.4 is 0 Å². The number of rotatable bonds is 1. The standard InChI is InChI=1S/C11H14INO2/c1-8-4-2-3-7-13(8)11(14)9-5-6-10(12)15-9/h5-6,8H,2-4,7H2,1H3/t8-/m0/s1. The summed E-state index contributed by atoms with van der Waals surface area (Å²) in [4.78, 5) is 14.0. The second kappa shape index (κ2) is 4.55. The zero-order valence-corrected chi connectivity index (χ0v) is 10.9. The third-order valence-corrected chi connectivity index (χ3v) is 3.43. The number of carbonyl (C=O) groups excluding carboxylic acids is 1. The number of halogens is 1. The minimum Gasteiger partial charge on any atom is -0.445 e. The highest BCUT2D eigenvalue weighted by molar-refractivity contribution is 14.1. The van der Waals surface area contributed by atoms with Gasteiger partial charge in [0.2, 0.25) is 0 Å². The topological polar surface area (TPSA) is 33.5 Å². The molecule has 3 nitrogen and oxygen atoms in total. The second-order valence-electron chi connectivity index (χ2n) is 3.95. The SMILES string of the molecule is C[C@H]1CCCCN1C(=O)c1ccc(I)o1. The predicted molar refractivity (Wildman–Crippen MR) is 65.8 cm³/mol. The van der Waals surface area contributed by atoms with Crippen molar-refractivity contribution in [2.24, 2.45) is 0 Å². The fourth-order valence-corrected chi connectivity index (χ4v) is 2.39. The average molecular weight is 319 g/mol. The first-order valence-corrected chi connectivity index (χ1v) is 6.32. The van der Waals surface area contributed by atoms with Crippen molar-refractivity contribution in [2.75, 3.05) is 6.54 Å². The van der Waals surface area contributed by atoms with Crippen LogP contribution in [-0.4, -0.2) is 23.4 Å². The molecule has 0 N–H and O–H groups in total. The highest BCUT2D eigenvalue weighted by Crippen LogP contribution is 2.20. The molecule has 15 heavy (non-hydrogen) atoms. The first-order chi connectivity index (χ1) is 7.18. The summed E-state index contributed by atoms with van der Waals surface area (Å²) in [5.74, 6) is 0.498. The van der Waals surface area contributed by atoms with Gasteiger partial charge in [0.15, 0.2) is 9.53 Å². The summed E-state index contributed by atoms with van der Waals surface area (Å²) >= 11 is 2.07. The molecule has 1 amide bonds. The Morgan fingerprint density at radius 1 is 1.53 bits per heavy atom. The molecule has 0 aliphatic carbocycles. The molecule has 0 saturated carbocycles. The van der Waals surface area contributed by atoms with Crippen molar-refractivity contribution in [3.05, 3.63) is 21.7 Å². The van der Waals surface area contributed by atoms with Crippen LogP contribution in [0.15, 0.2) is 16.5 Å². The van der Waals surface area contributed by atoms with E-state index in [9.17, 15) is 4.79 Å². The molecule has 2 rings (SSSR count). The zero-order valence-electron chi connectivity index (χ0n) is 8.70. The molecule has 82 valence electrons. The number of hydrogen-bond donors (Lipinski definition) is 0. The highest BCUT2D eigenvalue weighted by Gasteiger charge is 2.25. The first kappa shape index (κ1) is 11.0. The van der Waals surface area contributed by atoms with Gasteiger partial charge in [-0.3, -0.25) is 4.79 Å². The van der Waals surface area contributed by atoms with Gasteiger partial charge < -0.3 is 9.32 Å². The van der Waals surface area contributed by atoms with E-state index in [-0.39, 0.29) is 5.91 Å². The largest absolute Gasteiger partial charge is 0.445 e. The molecule has 1 aliphatic rings. The van der Waals surface area contributed by atoms with Gasteiger partial charge in [-0.15, -0.1) is 0 Å². The summed E-state index contributed by atoms with van der Waals surface area (Å²) in [5.41, 5.74) is 0. The van der Waals surface area contributed by atoms with E-state index in [1.807, 2.05) is 11.0 Å². The third-order valence-electron chi connectivity index (χ3n) is 2.85. The lowest BCUT2D eigenvalue weighted by atomic mass is 10.0. The zero-order chi connectivity index (χ0) is 10.8. The van der Waals surface area contributed by atoms with Crippen molar-refractivity contribution in [3.63, 3.8) is 0 Å². The van der Waals surface area contributed by atoms with Crippen molar-refractivity contribution in [2.45, 2.75) is 32.2 Å². The molecule has 1 aromatic rings. The Balaban J connectivity index is 2.13. The van der Waals surface area contributed by atoms with Crippen molar-refractivity contribution >= 4 is 28.5 Å². The summed E-state index contributed by atoms with van der Waals surface area (Å²) in [6.07, 6.45) is 3.43. The number of amides is 1. The Hall–Kier alpha value is -0.520. The smallest absolute Gasteiger partial charge is 0.289 e. The highest BCUT2D eigenvalue weighted by atomic mass is 127. The number of furan rings is 1. The van der Waals surface area contributed by atoms with E-state index in [0.29, 0.717) is 11.8 Å². The maximum Gasteiger partial charge on any atom is 0.289 e. The van der Waals surface area contributed by atoms with E-state index in [4.69, 9.17) is 4.42 Å². The lowest BCUT2D eigenvalue weighted by Gasteiger charge is -2.32. The van der Waals surface area contributed by atoms with E-state index in [1.54, 1.807) is 6.07 Å². The van der Waals surface area contributed by atoms with Crippen LogP contribution in [0.25, 0.3) is 0 Å². The maximum atomic E-state index is 12.1. The van der Waals surface area contributed by atoms with Crippen LogP contribution in [0.3, 0.4) is 0 Å². The van der Waals surface area contributed by atoms with Crippen LogP contribution in [0.4, 0.5) is 0 Å². The van der Waals surface area contributed by atoms with Crippen LogP contribution in [0.5, 0.6) is 0 Å². The Morgan fingerprint density at radius 3 is 2.93 bits per heavy atom. The molecule has 0 unspecified atom stereocenters. The summed E-state index contributed by atoms with van der Waals surface area (Å²) in [6.45, 7) is 2.96. The van der Waals surface area contributed by atoms with Crippen molar-refractivity contribution in [3.8, 4) is 0 Å². The minimum atomic E-state index is 0.0325. The Morgan fingerprint density at radius 2 is 2.33 bits per heavy atom. The third kappa shape index (κ3) is 2.35. The van der Waals surface area contributed by atoms with E-state index in [1.165, 1.54) is 6.42 Å². The summed E-state index contributed by atoms with van der Waals surface area (Å²) < 4.78 is 6.11. The fraction of sp³-hybridized carbons (Fsp3) is 0.545. The normalized spacial score (nSPS) is 21.7. The average Bonchev–Trinajstić information content (AvgIpc) is 2.65. The van der Waals surface area contributed by atoms with Crippen LogP contribution >= 0.6 is 22.6 Å². The number of nitrogens with zero attached hydrogens (tertiary/aromatic N) is 1. The minimum absolute atomic E-state index is 0.0325. The molecule has 0 radical (unpaired) electrons. The molecule has 0 bridgehead atoms. The van der Waals surface area contributed by atoms with Crippen molar-refractivity contribution in [1.29, 1.82) is 0 Å². The van der Waals surface area contributed by atoms with Crippen molar-refractivity contribution < 1.29 is 9.21 Å². The van der Waals surface area contributed by atoms with Gasteiger partial charge in [0, 0.05) is 12.6 Å². The summed E-state index contributed by atoms with van der Waals surface area (Å²) in [6, 6.07) is 3.92. The number of piperidine rings is 1. The molecule has 0 aromatic carbocycles. The Bertz CT molecular complexity index is 361. The Labute approximate surface area is 103 Å². The van der Waals surface area contributed by atoms with E-state index in [2.05, 4.69) is 29.5 Å².